The number of aromatic nitrogens is 2. The summed E-state index contributed by atoms with van der Waals surface area (Å²) in [5.41, 5.74) is 0.990. The first-order valence-electron chi connectivity index (χ1n) is 7.74. The van der Waals surface area contributed by atoms with Crippen molar-refractivity contribution in [3.63, 3.8) is 0 Å². The van der Waals surface area contributed by atoms with Crippen molar-refractivity contribution >= 4 is 15.7 Å². The van der Waals surface area contributed by atoms with Crippen molar-refractivity contribution in [1.82, 2.24) is 15.5 Å². The van der Waals surface area contributed by atoms with Gasteiger partial charge in [0.25, 0.3) is 0 Å². The second-order valence-corrected chi connectivity index (χ2v) is 7.79. The minimum atomic E-state index is -3.43. The van der Waals surface area contributed by atoms with Gasteiger partial charge in [-0.1, -0.05) is 29.8 Å². The molecule has 0 aliphatic rings. The molecule has 0 radical (unpaired) electrons. The molecule has 7 nitrogen and oxygen atoms in total. The molecule has 0 aliphatic carbocycles. The zero-order chi connectivity index (χ0) is 17.7. The van der Waals surface area contributed by atoms with Crippen LogP contribution in [0.5, 0.6) is 0 Å². The van der Waals surface area contributed by atoms with Crippen molar-refractivity contribution in [3.8, 4) is 0 Å². The predicted octanol–water partition coefficient (Wildman–Crippen LogP) is 1.92. The van der Waals surface area contributed by atoms with Crippen LogP contribution < -0.4 is 5.32 Å². The average molecular weight is 351 g/mol. The number of nitrogens with zero attached hydrogens (tertiary/aromatic N) is 2. The Labute approximate surface area is 141 Å². The normalized spacial score (nSPS) is 12.8. The van der Waals surface area contributed by atoms with Gasteiger partial charge in [-0.05, 0) is 32.4 Å². The van der Waals surface area contributed by atoms with Crippen LogP contribution in [0.15, 0.2) is 33.7 Å². The third kappa shape index (κ3) is 4.64. The van der Waals surface area contributed by atoms with Crippen molar-refractivity contribution in [2.24, 2.45) is 0 Å². The lowest BCUT2D eigenvalue weighted by Crippen LogP contribution is -2.32. The molecular weight excluding hydrogens is 330 g/mol. The van der Waals surface area contributed by atoms with Crippen LogP contribution >= 0.6 is 0 Å². The van der Waals surface area contributed by atoms with E-state index in [4.69, 9.17) is 4.52 Å². The largest absolute Gasteiger partial charge is 0.345 e. The monoisotopic (exact) mass is 351 g/mol. The molecule has 1 unspecified atom stereocenters. The number of benzene rings is 1. The van der Waals surface area contributed by atoms with Crippen LogP contribution in [0.1, 0.15) is 42.3 Å². The Kier molecular flexibility index (Phi) is 5.71. The van der Waals surface area contributed by atoms with Gasteiger partial charge in [0.1, 0.15) is 0 Å². The minimum Gasteiger partial charge on any atom is -0.345 e. The fraction of sp³-hybridized carbons (Fsp3) is 0.438. The fourth-order valence-corrected chi connectivity index (χ4v) is 3.16. The van der Waals surface area contributed by atoms with Crippen LogP contribution in [0.25, 0.3) is 0 Å². The highest BCUT2D eigenvalue weighted by atomic mass is 32.2. The van der Waals surface area contributed by atoms with Gasteiger partial charge in [-0.25, -0.2) is 8.42 Å². The molecule has 0 bridgehead atoms. The molecule has 1 aromatic carbocycles. The second kappa shape index (κ2) is 7.57. The van der Waals surface area contributed by atoms with Gasteiger partial charge in [0.2, 0.25) is 0 Å². The smallest absolute Gasteiger partial charge is 0.315 e. The molecule has 1 atom stereocenters. The van der Waals surface area contributed by atoms with E-state index in [2.05, 4.69) is 15.5 Å². The number of nitrogens with one attached hydrogen (secondary N) is 1. The Balaban J connectivity index is 2.00. The molecule has 8 heteroatoms. The molecule has 1 heterocycles. The Morgan fingerprint density at radius 3 is 2.58 bits per heavy atom. The van der Waals surface area contributed by atoms with Crippen molar-refractivity contribution in [1.29, 1.82) is 0 Å². The quantitative estimate of drug-likeness (QED) is 0.817. The van der Waals surface area contributed by atoms with Crippen molar-refractivity contribution < 1.29 is 17.7 Å². The highest BCUT2D eigenvalue weighted by Crippen LogP contribution is 2.13. The zero-order valence-corrected chi connectivity index (χ0v) is 14.8. The van der Waals surface area contributed by atoms with Crippen LogP contribution in [0.4, 0.5) is 0 Å². The van der Waals surface area contributed by atoms with Crippen LogP contribution in [0, 0.1) is 6.92 Å². The highest BCUT2D eigenvalue weighted by Gasteiger charge is 2.19. The van der Waals surface area contributed by atoms with Crippen LogP contribution in [0.2, 0.25) is 0 Å². The third-order valence-electron chi connectivity index (χ3n) is 3.63. The highest BCUT2D eigenvalue weighted by molar-refractivity contribution is 7.91. The van der Waals surface area contributed by atoms with Gasteiger partial charge in [-0.2, -0.15) is 4.98 Å². The van der Waals surface area contributed by atoms with Crippen molar-refractivity contribution in [2.45, 2.75) is 44.6 Å². The van der Waals surface area contributed by atoms with Gasteiger partial charge in [-0.15, -0.1) is 0 Å². The standard InChI is InChI=1S/C16H21N3O4S/c1-4-12(3)17-15(20)16-18-14(19-23-16)9-10-24(21,22)13-7-5-11(2)6-8-13/h5-8,12H,4,9-10H2,1-3H3,(H,17,20). The number of sulfone groups is 1. The summed E-state index contributed by atoms with van der Waals surface area (Å²) < 4.78 is 29.4. The summed E-state index contributed by atoms with van der Waals surface area (Å²) in [5.74, 6) is -0.565. The molecular formula is C16H21N3O4S. The first-order chi connectivity index (χ1) is 11.3. The van der Waals surface area contributed by atoms with Gasteiger partial charge >= 0.3 is 11.8 Å². The summed E-state index contributed by atoms with van der Waals surface area (Å²) in [4.78, 5) is 16.1. The Morgan fingerprint density at radius 2 is 1.96 bits per heavy atom. The van der Waals surface area contributed by atoms with Crippen molar-refractivity contribution in [2.75, 3.05) is 5.75 Å². The number of carbonyl (C=O) groups is 1. The van der Waals surface area contributed by atoms with E-state index in [0.717, 1.165) is 12.0 Å². The van der Waals surface area contributed by atoms with E-state index in [-0.39, 0.29) is 34.8 Å². The molecule has 2 aromatic rings. The lowest BCUT2D eigenvalue weighted by molar-refractivity contribution is 0.0895. The number of aryl methyl sites for hydroxylation is 2. The lowest BCUT2D eigenvalue weighted by Gasteiger charge is -2.07. The maximum Gasteiger partial charge on any atom is 0.315 e. The van der Waals surface area contributed by atoms with E-state index in [9.17, 15) is 13.2 Å². The molecule has 130 valence electrons. The Bertz CT molecular complexity index is 797. The summed E-state index contributed by atoms with van der Waals surface area (Å²) in [7, 11) is -3.43. The third-order valence-corrected chi connectivity index (χ3v) is 5.36. The maximum absolute atomic E-state index is 12.3. The first kappa shape index (κ1) is 18.1. The molecule has 0 aliphatic heterocycles. The average Bonchev–Trinajstić information content (AvgIpc) is 3.02. The summed E-state index contributed by atoms with van der Waals surface area (Å²) in [6.45, 7) is 5.70. The molecule has 1 aromatic heterocycles. The first-order valence-corrected chi connectivity index (χ1v) is 9.40. The van der Waals surface area contributed by atoms with Crippen LogP contribution in [-0.4, -0.2) is 36.3 Å². The topological polar surface area (TPSA) is 102 Å². The van der Waals surface area contributed by atoms with Crippen LogP contribution in [-0.2, 0) is 16.3 Å². The number of amides is 1. The Morgan fingerprint density at radius 1 is 1.29 bits per heavy atom. The number of hydrogen-bond acceptors (Lipinski definition) is 6. The summed E-state index contributed by atoms with van der Waals surface area (Å²) in [6, 6.07) is 6.64. The molecule has 0 fully saturated rings. The van der Waals surface area contributed by atoms with Gasteiger partial charge in [-0.3, -0.25) is 4.79 Å². The molecule has 1 N–H and O–H groups in total. The molecule has 0 saturated heterocycles. The fourth-order valence-electron chi connectivity index (χ4n) is 1.92. The zero-order valence-electron chi connectivity index (χ0n) is 13.9. The summed E-state index contributed by atoms with van der Waals surface area (Å²) in [6.07, 6.45) is 0.859. The van der Waals surface area contributed by atoms with E-state index in [1.54, 1.807) is 24.3 Å². The molecule has 0 spiro atoms. The minimum absolute atomic E-state index is 0.00485. The van der Waals surface area contributed by atoms with Gasteiger partial charge in [0, 0.05) is 12.5 Å². The Hall–Kier alpha value is -2.22. The molecule has 1 amide bonds. The number of rotatable bonds is 7. The van der Waals surface area contributed by atoms with E-state index < -0.39 is 15.7 Å². The maximum atomic E-state index is 12.3. The number of carbonyl (C=O) groups excluding carboxylic acids is 1. The van der Waals surface area contributed by atoms with Gasteiger partial charge in [0.15, 0.2) is 15.7 Å². The van der Waals surface area contributed by atoms with E-state index in [1.165, 1.54) is 0 Å². The SMILES string of the molecule is CCC(C)NC(=O)c1nc(CCS(=O)(=O)c2ccc(C)cc2)no1. The van der Waals surface area contributed by atoms with E-state index in [0.29, 0.717) is 0 Å². The lowest BCUT2D eigenvalue weighted by atomic mass is 10.2. The van der Waals surface area contributed by atoms with Gasteiger partial charge < -0.3 is 9.84 Å². The van der Waals surface area contributed by atoms with E-state index in [1.807, 2.05) is 20.8 Å². The van der Waals surface area contributed by atoms with Crippen molar-refractivity contribution in [3.05, 3.63) is 41.5 Å². The van der Waals surface area contributed by atoms with E-state index >= 15 is 0 Å². The van der Waals surface area contributed by atoms with Crippen LogP contribution in [0.3, 0.4) is 0 Å². The summed E-state index contributed by atoms with van der Waals surface area (Å²) >= 11 is 0. The second-order valence-electron chi connectivity index (χ2n) is 5.68. The predicted molar refractivity (Wildman–Crippen MR) is 88.5 cm³/mol. The molecule has 2 rings (SSSR count). The molecule has 24 heavy (non-hydrogen) atoms. The molecule has 0 saturated carbocycles. The summed E-state index contributed by atoms with van der Waals surface area (Å²) in [5, 5.41) is 6.38. The van der Waals surface area contributed by atoms with Gasteiger partial charge in [0.05, 0.1) is 10.6 Å². The number of hydrogen-bond donors (Lipinski definition) is 1.